The maximum absolute atomic E-state index is 13.1. The van der Waals surface area contributed by atoms with E-state index in [9.17, 15) is 13.2 Å². The lowest BCUT2D eigenvalue weighted by Crippen LogP contribution is -2.52. The molecule has 1 aromatic carbocycles. The smallest absolute Gasteiger partial charge is 0.252 e. The highest BCUT2D eigenvalue weighted by Gasteiger charge is 2.42. The van der Waals surface area contributed by atoms with Crippen molar-refractivity contribution >= 4 is 39.7 Å². The summed E-state index contributed by atoms with van der Waals surface area (Å²) >= 11 is 0. The predicted molar refractivity (Wildman–Crippen MR) is 110 cm³/mol. The molecule has 1 aromatic heterocycles. The molecule has 0 aliphatic carbocycles. The molecule has 1 amide bonds. The van der Waals surface area contributed by atoms with Crippen LogP contribution in [0.4, 0.5) is 11.4 Å². The molecule has 3 N–H and O–H groups in total. The van der Waals surface area contributed by atoms with Crippen molar-refractivity contribution in [3.63, 3.8) is 0 Å². The molecule has 0 atom stereocenters. The summed E-state index contributed by atoms with van der Waals surface area (Å²) < 4.78 is 32.3. The lowest BCUT2D eigenvalue weighted by molar-refractivity contribution is -0.126. The molecule has 1 aliphatic rings. The van der Waals surface area contributed by atoms with E-state index in [0.717, 1.165) is 6.26 Å². The number of ether oxygens (including phenoxy) is 1. The maximum atomic E-state index is 13.1. The Hall–Kier alpha value is -2.30. The average Bonchev–Trinajstić information content (AvgIpc) is 3.17. The van der Waals surface area contributed by atoms with E-state index in [2.05, 4.69) is 20.5 Å². The van der Waals surface area contributed by atoms with Crippen LogP contribution < -0.4 is 20.1 Å². The molecule has 0 spiro atoms. The van der Waals surface area contributed by atoms with Crippen LogP contribution in [0, 0.1) is 0 Å². The van der Waals surface area contributed by atoms with Crippen LogP contribution in [0.2, 0.25) is 0 Å². The SMILES string of the molecule is COc1cc(NC(=O)C2(n3cccn3)CCNCC2)ccc1NS(C)(=O)=O.Cl. The van der Waals surface area contributed by atoms with Gasteiger partial charge in [-0.3, -0.25) is 14.2 Å². The largest absolute Gasteiger partial charge is 0.494 e. The van der Waals surface area contributed by atoms with Crippen LogP contribution >= 0.6 is 12.4 Å². The zero-order valence-electron chi connectivity index (χ0n) is 15.6. The minimum absolute atomic E-state index is 0. The number of nitrogens with one attached hydrogen (secondary N) is 3. The molecular weight excluding hydrogens is 406 g/mol. The average molecular weight is 430 g/mol. The molecule has 9 nitrogen and oxygen atoms in total. The monoisotopic (exact) mass is 429 g/mol. The minimum Gasteiger partial charge on any atom is -0.494 e. The first kappa shape index (κ1) is 22.0. The molecule has 0 radical (unpaired) electrons. The Balaban J connectivity index is 0.00000280. The van der Waals surface area contributed by atoms with Gasteiger partial charge in [0.15, 0.2) is 0 Å². The van der Waals surface area contributed by atoms with Crippen LogP contribution in [0.15, 0.2) is 36.7 Å². The number of anilines is 2. The Bertz CT molecular complexity index is 912. The Morgan fingerprint density at radius 2 is 2.04 bits per heavy atom. The summed E-state index contributed by atoms with van der Waals surface area (Å²) in [5, 5.41) is 10.5. The molecule has 2 aromatic rings. The van der Waals surface area contributed by atoms with E-state index >= 15 is 0 Å². The van der Waals surface area contributed by atoms with Crippen molar-refractivity contribution in [2.75, 3.05) is 36.5 Å². The third-order valence-electron chi connectivity index (χ3n) is 4.55. The Morgan fingerprint density at radius 1 is 1.32 bits per heavy atom. The number of nitrogens with zero attached hydrogens (tertiary/aromatic N) is 2. The van der Waals surface area contributed by atoms with Crippen molar-refractivity contribution in [3.8, 4) is 5.75 Å². The van der Waals surface area contributed by atoms with Gasteiger partial charge in [-0.25, -0.2) is 8.42 Å². The summed E-state index contributed by atoms with van der Waals surface area (Å²) in [5.41, 5.74) is 0.0497. The van der Waals surface area contributed by atoms with Crippen molar-refractivity contribution in [2.45, 2.75) is 18.4 Å². The third kappa shape index (κ3) is 4.75. The molecule has 0 bridgehead atoms. The second-order valence-corrected chi connectivity index (χ2v) is 8.22. The molecular formula is C17H24ClN5O4S. The van der Waals surface area contributed by atoms with Crippen LogP contribution in [0.3, 0.4) is 0 Å². The van der Waals surface area contributed by atoms with Crippen molar-refractivity contribution in [1.82, 2.24) is 15.1 Å². The number of amides is 1. The molecule has 1 fully saturated rings. The molecule has 2 heterocycles. The third-order valence-corrected chi connectivity index (χ3v) is 5.14. The fourth-order valence-corrected chi connectivity index (χ4v) is 3.79. The number of methoxy groups -OCH3 is 1. The highest BCUT2D eigenvalue weighted by atomic mass is 35.5. The lowest BCUT2D eigenvalue weighted by atomic mass is 9.87. The molecule has 0 saturated carbocycles. The summed E-state index contributed by atoms with van der Waals surface area (Å²) in [6.07, 6.45) is 5.75. The van der Waals surface area contributed by atoms with E-state index in [1.165, 1.54) is 7.11 Å². The quantitative estimate of drug-likeness (QED) is 0.639. The number of carbonyl (C=O) groups excluding carboxylic acids is 1. The predicted octanol–water partition coefficient (Wildman–Crippen LogP) is 1.40. The summed E-state index contributed by atoms with van der Waals surface area (Å²) in [6.45, 7) is 1.43. The Morgan fingerprint density at radius 3 is 2.61 bits per heavy atom. The summed E-state index contributed by atoms with van der Waals surface area (Å²) in [6, 6.07) is 6.57. The summed E-state index contributed by atoms with van der Waals surface area (Å²) in [4.78, 5) is 13.1. The topological polar surface area (TPSA) is 114 Å². The van der Waals surface area contributed by atoms with Gasteiger partial charge in [0.1, 0.15) is 11.3 Å². The van der Waals surface area contributed by atoms with Gasteiger partial charge in [-0.1, -0.05) is 0 Å². The van der Waals surface area contributed by atoms with Crippen molar-refractivity contribution in [3.05, 3.63) is 36.7 Å². The van der Waals surface area contributed by atoms with Gasteiger partial charge in [-0.2, -0.15) is 5.10 Å². The molecule has 11 heteroatoms. The van der Waals surface area contributed by atoms with Crippen LogP contribution in [-0.2, 0) is 20.4 Å². The van der Waals surface area contributed by atoms with Gasteiger partial charge >= 0.3 is 0 Å². The van der Waals surface area contributed by atoms with Crippen molar-refractivity contribution in [2.24, 2.45) is 0 Å². The van der Waals surface area contributed by atoms with Gasteiger partial charge in [-0.05, 0) is 44.1 Å². The van der Waals surface area contributed by atoms with Gasteiger partial charge < -0.3 is 15.4 Å². The van der Waals surface area contributed by atoms with Crippen LogP contribution in [0.5, 0.6) is 5.75 Å². The summed E-state index contributed by atoms with van der Waals surface area (Å²) in [5.74, 6) is 0.148. The number of carbonyl (C=O) groups is 1. The molecule has 1 aliphatic heterocycles. The Labute approximate surface area is 170 Å². The van der Waals surface area contributed by atoms with Gasteiger partial charge in [0.05, 0.1) is 19.1 Å². The fourth-order valence-electron chi connectivity index (χ4n) is 3.22. The highest BCUT2D eigenvalue weighted by Crippen LogP contribution is 2.32. The summed E-state index contributed by atoms with van der Waals surface area (Å²) in [7, 11) is -2.00. The first-order valence-corrected chi connectivity index (χ1v) is 10.4. The first-order chi connectivity index (χ1) is 12.8. The standard InChI is InChI=1S/C17H23N5O4S.ClH/c1-26-15-12-13(4-5-14(15)21-27(2,24)25)20-16(23)17(6-9-18-10-7-17)22-11-3-8-19-22;/h3-5,8,11-12,18,21H,6-7,9-10H2,1-2H3,(H,20,23);1H. The highest BCUT2D eigenvalue weighted by molar-refractivity contribution is 7.92. The van der Waals surface area contributed by atoms with E-state index < -0.39 is 15.6 Å². The first-order valence-electron chi connectivity index (χ1n) is 8.52. The second kappa shape index (κ2) is 8.80. The van der Waals surface area contributed by atoms with Crippen LogP contribution in [0.25, 0.3) is 0 Å². The number of benzene rings is 1. The van der Waals surface area contributed by atoms with E-state index in [4.69, 9.17) is 4.74 Å². The number of halogens is 1. The zero-order chi connectivity index (χ0) is 19.5. The van der Waals surface area contributed by atoms with E-state index in [-0.39, 0.29) is 18.3 Å². The number of rotatable bonds is 6. The molecule has 0 unspecified atom stereocenters. The van der Waals surface area contributed by atoms with Gasteiger partial charge in [0.2, 0.25) is 10.0 Å². The van der Waals surface area contributed by atoms with Crippen LogP contribution in [-0.4, -0.2) is 50.6 Å². The molecule has 3 rings (SSSR count). The number of aromatic nitrogens is 2. The second-order valence-electron chi connectivity index (χ2n) is 6.48. The van der Waals surface area contributed by atoms with Crippen molar-refractivity contribution < 1.29 is 17.9 Å². The maximum Gasteiger partial charge on any atom is 0.252 e. The number of sulfonamides is 1. The van der Waals surface area contributed by atoms with E-state index in [0.29, 0.717) is 43.1 Å². The molecule has 28 heavy (non-hydrogen) atoms. The van der Waals surface area contributed by atoms with Gasteiger partial charge in [0, 0.05) is 24.1 Å². The van der Waals surface area contributed by atoms with Gasteiger partial charge in [0.25, 0.3) is 5.91 Å². The Kier molecular flexibility index (Phi) is 6.91. The van der Waals surface area contributed by atoms with Gasteiger partial charge in [-0.15, -0.1) is 12.4 Å². The van der Waals surface area contributed by atoms with Crippen molar-refractivity contribution in [1.29, 1.82) is 0 Å². The number of hydrogen-bond acceptors (Lipinski definition) is 6. The normalized spacial score (nSPS) is 15.9. The van der Waals surface area contributed by atoms with E-state index in [1.54, 1.807) is 41.3 Å². The molecule has 154 valence electrons. The number of piperidine rings is 1. The number of hydrogen-bond donors (Lipinski definition) is 3. The van der Waals surface area contributed by atoms with Crippen LogP contribution in [0.1, 0.15) is 12.8 Å². The fraction of sp³-hybridized carbons (Fsp3) is 0.412. The lowest BCUT2D eigenvalue weighted by Gasteiger charge is -2.36. The molecule has 1 saturated heterocycles. The van der Waals surface area contributed by atoms with E-state index in [1.807, 2.05) is 0 Å². The minimum atomic E-state index is -3.44. The zero-order valence-corrected chi connectivity index (χ0v) is 17.3.